The molecule has 1 N–H and O–H groups in total. The van der Waals surface area contributed by atoms with Crippen LogP contribution >= 0.6 is 11.8 Å². The molecule has 0 saturated heterocycles. The van der Waals surface area contributed by atoms with Gasteiger partial charge in [0, 0.05) is 10.6 Å². The number of benzene rings is 2. The lowest BCUT2D eigenvalue weighted by atomic mass is 10.1. The van der Waals surface area contributed by atoms with E-state index in [0.717, 1.165) is 18.6 Å². The molecule has 0 radical (unpaired) electrons. The summed E-state index contributed by atoms with van der Waals surface area (Å²) in [6.07, 6.45) is 2.16. The quantitative estimate of drug-likeness (QED) is 0.943. The van der Waals surface area contributed by atoms with Gasteiger partial charge in [-0.25, -0.2) is 8.42 Å². The number of rotatable bonds is 3. The molecule has 1 aliphatic rings. The Labute approximate surface area is 123 Å². The van der Waals surface area contributed by atoms with E-state index in [1.54, 1.807) is 30.3 Å². The molecule has 104 valence electrons. The predicted octanol–water partition coefficient (Wildman–Crippen LogP) is 3.53. The molecule has 3 nitrogen and oxygen atoms in total. The van der Waals surface area contributed by atoms with E-state index in [0.29, 0.717) is 5.69 Å². The first kappa shape index (κ1) is 13.5. The lowest BCUT2D eigenvalue weighted by Gasteiger charge is -2.16. The number of aryl methyl sites for hydroxylation is 1. The molecule has 0 unspecified atom stereocenters. The van der Waals surface area contributed by atoms with Crippen LogP contribution in [0.2, 0.25) is 0 Å². The Morgan fingerprint density at radius 2 is 1.85 bits per heavy atom. The SMILES string of the molecule is O=S(=O)(Nc1ccc2c(c1)CCCS2)c1ccccc1. The summed E-state index contributed by atoms with van der Waals surface area (Å²) >= 11 is 1.83. The second-order valence-electron chi connectivity index (χ2n) is 4.69. The van der Waals surface area contributed by atoms with Gasteiger partial charge in [-0.05, 0) is 54.5 Å². The third-order valence-electron chi connectivity index (χ3n) is 3.21. The first-order chi connectivity index (χ1) is 9.65. The topological polar surface area (TPSA) is 46.2 Å². The summed E-state index contributed by atoms with van der Waals surface area (Å²) in [5, 5.41) is 0. The monoisotopic (exact) mass is 305 g/mol. The van der Waals surface area contributed by atoms with Crippen molar-refractivity contribution in [3.05, 3.63) is 54.1 Å². The van der Waals surface area contributed by atoms with Crippen LogP contribution < -0.4 is 4.72 Å². The zero-order valence-electron chi connectivity index (χ0n) is 10.9. The third-order valence-corrected chi connectivity index (χ3v) is 5.81. The van der Waals surface area contributed by atoms with E-state index in [9.17, 15) is 8.42 Å². The zero-order chi connectivity index (χ0) is 14.0. The third kappa shape index (κ3) is 2.83. The largest absolute Gasteiger partial charge is 0.280 e. The Morgan fingerprint density at radius 3 is 2.65 bits per heavy atom. The standard InChI is InChI=1S/C15H15NO2S2/c17-20(18,14-6-2-1-3-7-14)16-13-8-9-15-12(11-13)5-4-10-19-15/h1-3,6-9,11,16H,4-5,10H2. The fourth-order valence-electron chi connectivity index (χ4n) is 2.24. The number of sulfonamides is 1. The molecular weight excluding hydrogens is 290 g/mol. The van der Waals surface area contributed by atoms with Crippen molar-refractivity contribution in [2.75, 3.05) is 10.5 Å². The number of thioether (sulfide) groups is 1. The van der Waals surface area contributed by atoms with Gasteiger partial charge in [0.25, 0.3) is 10.0 Å². The highest BCUT2D eigenvalue weighted by atomic mass is 32.2. The first-order valence-electron chi connectivity index (χ1n) is 6.49. The number of hydrogen-bond donors (Lipinski definition) is 1. The van der Waals surface area contributed by atoms with Crippen LogP contribution in [-0.4, -0.2) is 14.2 Å². The molecule has 0 bridgehead atoms. The van der Waals surface area contributed by atoms with Crippen molar-refractivity contribution in [2.24, 2.45) is 0 Å². The van der Waals surface area contributed by atoms with E-state index >= 15 is 0 Å². The summed E-state index contributed by atoms with van der Waals surface area (Å²) in [7, 11) is -3.50. The molecule has 0 fully saturated rings. The Morgan fingerprint density at radius 1 is 1.05 bits per heavy atom. The lowest BCUT2D eigenvalue weighted by molar-refractivity contribution is 0.601. The zero-order valence-corrected chi connectivity index (χ0v) is 12.5. The molecule has 1 aliphatic heterocycles. The lowest BCUT2D eigenvalue weighted by Crippen LogP contribution is -2.13. The fourth-order valence-corrected chi connectivity index (χ4v) is 4.33. The molecule has 2 aromatic carbocycles. The summed E-state index contributed by atoms with van der Waals surface area (Å²) in [5.74, 6) is 1.14. The van der Waals surface area contributed by atoms with Gasteiger partial charge in [-0.1, -0.05) is 18.2 Å². The molecule has 3 rings (SSSR count). The van der Waals surface area contributed by atoms with Crippen LogP contribution in [0, 0.1) is 0 Å². The molecule has 0 atom stereocenters. The van der Waals surface area contributed by atoms with Crippen LogP contribution in [0.3, 0.4) is 0 Å². The predicted molar refractivity (Wildman–Crippen MR) is 82.7 cm³/mol. The Kier molecular flexibility index (Phi) is 3.72. The van der Waals surface area contributed by atoms with Gasteiger partial charge in [0.1, 0.15) is 0 Å². The maximum Gasteiger partial charge on any atom is 0.261 e. The van der Waals surface area contributed by atoms with E-state index in [4.69, 9.17) is 0 Å². The van der Waals surface area contributed by atoms with E-state index in [1.807, 2.05) is 30.0 Å². The number of nitrogens with one attached hydrogen (secondary N) is 1. The Balaban J connectivity index is 1.88. The van der Waals surface area contributed by atoms with Crippen molar-refractivity contribution in [3.63, 3.8) is 0 Å². The minimum atomic E-state index is -3.50. The van der Waals surface area contributed by atoms with E-state index in [-0.39, 0.29) is 4.90 Å². The van der Waals surface area contributed by atoms with Gasteiger partial charge >= 0.3 is 0 Å². The van der Waals surface area contributed by atoms with Crippen molar-refractivity contribution in [2.45, 2.75) is 22.6 Å². The molecule has 2 aromatic rings. The normalized spacial score (nSPS) is 14.6. The second kappa shape index (κ2) is 5.50. The highest BCUT2D eigenvalue weighted by Gasteiger charge is 2.15. The van der Waals surface area contributed by atoms with Gasteiger partial charge in [-0.3, -0.25) is 4.72 Å². The molecule has 0 aliphatic carbocycles. The Hall–Kier alpha value is -1.46. The molecule has 20 heavy (non-hydrogen) atoms. The maximum absolute atomic E-state index is 12.3. The molecule has 5 heteroatoms. The molecule has 0 aromatic heterocycles. The van der Waals surface area contributed by atoms with Crippen molar-refractivity contribution < 1.29 is 8.42 Å². The smallest absolute Gasteiger partial charge is 0.261 e. The fraction of sp³-hybridized carbons (Fsp3) is 0.200. The minimum Gasteiger partial charge on any atom is -0.280 e. The summed E-state index contributed by atoms with van der Waals surface area (Å²) in [5.41, 5.74) is 1.87. The molecule has 0 amide bonds. The molecule has 0 spiro atoms. The van der Waals surface area contributed by atoms with Crippen molar-refractivity contribution in [3.8, 4) is 0 Å². The number of anilines is 1. The minimum absolute atomic E-state index is 0.284. The van der Waals surface area contributed by atoms with Crippen LogP contribution in [0.5, 0.6) is 0 Å². The molecular formula is C15H15NO2S2. The van der Waals surface area contributed by atoms with Gasteiger partial charge in [0.05, 0.1) is 4.90 Å². The molecule has 0 saturated carbocycles. The Bertz CT molecular complexity index is 712. The summed E-state index contributed by atoms with van der Waals surface area (Å²) in [6, 6.07) is 14.2. The maximum atomic E-state index is 12.3. The van der Waals surface area contributed by atoms with Gasteiger partial charge in [-0.15, -0.1) is 11.8 Å². The highest BCUT2D eigenvalue weighted by Crippen LogP contribution is 2.32. The van der Waals surface area contributed by atoms with Gasteiger partial charge in [-0.2, -0.15) is 0 Å². The highest BCUT2D eigenvalue weighted by molar-refractivity contribution is 7.99. The van der Waals surface area contributed by atoms with E-state index in [1.165, 1.54) is 10.5 Å². The summed E-state index contributed by atoms with van der Waals surface area (Å²) in [6.45, 7) is 0. The first-order valence-corrected chi connectivity index (χ1v) is 8.96. The summed E-state index contributed by atoms with van der Waals surface area (Å²) in [4.78, 5) is 1.55. The second-order valence-corrected chi connectivity index (χ2v) is 7.51. The van der Waals surface area contributed by atoms with Crippen LogP contribution in [-0.2, 0) is 16.4 Å². The van der Waals surface area contributed by atoms with Crippen LogP contribution in [0.25, 0.3) is 0 Å². The number of hydrogen-bond acceptors (Lipinski definition) is 3. The van der Waals surface area contributed by atoms with Crippen molar-refractivity contribution >= 4 is 27.5 Å². The van der Waals surface area contributed by atoms with Gasteiger partial charge in [0.15, 0.2) is 0 Å². The average Bonchev–Trinajstić information content (AvgIpc) is 2.48. The van der Waals surface area contributed by atoms with Crippen molar-refractivity contribution in [1.82, 2.24) is 0 Å². The van der Waals surface area contributed by atoms with Crippen molar-refractivity contribution in [1.29, 1.82) is 0 Å². The molecule has 1 heterocycles. The van der Waals surface area contributed by atoms with Gasteiger partial charge < -0.3 is 0 Å². The van der Waals surface area contributed by atoms with E-state index in [2.05, 4.69) is 4.72 Å². The van der Waals surface area contributed by atoms with Crippen LogP contribution in [0.1, 0.15) is 12.0 Å². The number of fused-ring (bicyclic) bond motifs is 1. The van der Waals surface area contributed by atoms with Gasteiger partial charge in [0.2, 0.25) is 0 Å². The van der Waals surface area contributed by atoms with E-state index < -0.39 is 10.0 Å². The van der Waals surface area contributed by atoms with Crippen LogP contribution in [0.15, 0.2) is 58.3 Å². The summed E-state index contributed by atoms with van der Waals surface area (Å²) < 4.78 is 27.2. The average molecular weight is 305 g/mol. The van der Waals surface area contributed by atoms with Crippen LogP contribution in [0.4, 0.5) is 5.69 Å².